The Kier molecular flexibility index (Phi) is 5.15. The molecule has 0 spiro atoms. The van der Waals surface area contributed by atoms with E-state index < -0.39 is 5.60 Å². The fourth-order valence-electron chi connectivity index (χ4n) is 2.59. The fourth-order valence-corrected chi connectivity index (χ4v) is 2.59. The summed E-state index contributed by atoms with van der Waals surface area (Å²) in [7, 11) is 0. The Balaban J connectivity index is 1.86. The first-order valence-corrected chi connectivity index (χ1v) is 7.49. The van der Waals surface area contributed by atoms with Crippen molar-refractivity contribution in [2.75, 3.05) is 6.54 Å². The molecule has 0 saturated carbocycles. The van der Waals surface area contributed by atoms with Gasteiger partial charge in [-0.15, -0.1) is 0 Å². The minimum absolute atomic E-state index is 0.485. The summed E-state index contributed by atoms with van der Waals surface area (Å²) in [6.45, 7) is 7.35. The monoisotopic (exact) mass is 287 g/mol. The number of hydrogen-bond acceptors (Lipinski definition) is 3. The summed E-state index contributed by atoms with van der Waals surface area (Å²) < 4.78 is 1.86. The van der Waals surface area contributed by atoms with Crippen LogP contribution in [-0.4, -0.2) is 27.0 Å². The van der Waals surface area contributed by atoms with E-state index in [1.54, 1.807) is 0 Å². The van der Waals surface area contributed by atoms with Gasteiger partial charge in [-0.05, 0) is 37.5 Å². The molecule has 2 rings (SSSR count). The summed E-state index contributed by atoms with van der Waals surface area (Å²) in [5.41, 5.74) is 1.35. The number of aromatic nitrogens is 2. The highest BCUT2D eigenvalue weighted by Gasteiger charge is 2.21. The molecule has 2 N–H and O–H groups in total. The zero-order chi connectivity index (χ0) is 15.3. The van der Waals surface area contributed by atoms with Gasteiger partial charge in [-0.25, -0.2) is 4.68 Å². The second kappa shape index (κ2) is 6.87. The fraction of sp³-hybridized carbons (Fsp3) is 0.471. The molecule has 1 heterocycles. The molecule has 0 amide bonds. The lowest BCUT2D eigenvalue weighted by atomic mass is 9.94. The summed E-state index contributed by atoms with van der Waals surface area (Å²) in [4.78, 5) is 0. The maximum absolute atomic E-state index is 10.3. The van der Waals surface area contributed by atoms with Crippen LogP contribution in [0, 0.1) is 5.92 Å². The van der Waals surface area contributed by atoms with Crippen molar-refractivity contribution in [1.29, 1.82) is 0 Å². The molecule has 114 valence electrons. The SMILES string of the molecule is CC(C)CC(C)(O)CNCc1ccn(-c2ccccc2)n1. The Labute approximate surface area is 126 Å². The van der Waals surface area contributed by atoms with Crippen LogP contribution < -0.4 is 5.32 Å². The first-order chi connectivity index (χ1) is 9.96. The van der Waals surface area contributed by atoms with Crippen LogP contribution in [-0.2, 0) is 6.54 Å². The van der Waals surface area contributed by atoms with E-state index in [1.165, 1.54) is 0 Å². The van der Waals surface area contributed by atoms with Crippen LogP contribution in [0.25, 0.3) is 5.69 Å². The highest BCUT2D eigenvalue weighted by atomic mass is 16.3. The quantitative estimate of drug-likeness (QED) is 0.823. The number of benzene rings is 1. The van der Waals surface area contributed by atoms with E-state index in [9.17, 15) is 5.11 Å². The zero-order valence-corrected chi connectivity index (χ0v) is 13.1. The topological polar surface area (TPSA) is 50.1 Å². The molecular weight excluding hydrogens is 262 g/mol. The number of hydrogen-bond donors (Lipinski definition) is 2. The van der Waals surface area contributed by atoms with Crippen molar-refractivity contribution in [1.82, 2.24) is 15.1 Å². The van der Waals surface area contributed by atoms with E-state index in [-0.39, 0.29) is 0 Å². The third-order valence-corrected chi connectivity index (χ3v) is 3.32. The number of nitrogens with one attached hydrogen (secondary N) is 1. The Morgan fingerprint density at radius 3 is 2.62 bits per heavy atom. The highest BCUT2D eigenvalue weighted by molar-refractivity contribution is 5.30. The van der Waals surface area contributed by atoms with E-state index >= 15 is 0 Å². The molecule has 4 heteroatoms. The Morgan fingerprint density at radius 1 is 1.24 bits per heavy atom. The number of para-hydroxylation sites is 1. The molecule has 1 atom stereocenters. The molecule has 1 aromatic heterocycles. The standard InChI is InChI=1S/C17H25N3O/c1-14(2)11-17(3,21)13-18-12-15-9-10-20(19-15)16-7-5-4-6-8-16/h4-10,14,18,21H,11-13H2,1-3H3. The highest BCUT2D eigenvalue weighted by Crippen LogP contribution is 2.15. The van der Waals surface area contributed by atoms with Gasteiger partial charge in [0.2, 0.25) is 0 Å². The number of aliphatic hydroxyl groups is 1. The van der Waals surface area contributed by atoms with Crippen LogP contribution in [0.3, 0.4) is 0 Å². The summed E-state index contributed by atoms with van der Waals surface area (Å²) in [5, 5.41) is 18.1. The first-order valence-electron chi connectivity index (χ1n) is 7.49. The smallest absolute Gasteiger partial charge is 0.0766 e. The normalized spacial score (nSPS) is 14.3. The van der Waals surface area contributed by atoms with Gasteiger partial charge in [0.1, 0.15) is 0 Å². The molecule has 0 fully saturated rings. The maximum Gasteiger partial charge on any atom is 0.0766 e. The van der Waals surface area contributed by atoms with E-state index in [2.05, 4.69) is 24.3 Å². The van der Waals surface area contributed by atoms with E-state index in [0.29, 0.717) is 19.0 Å². The summed E-state index contributed by atoms with van der Waals surface area (Å²) in [6, 6.07) is 12.0. The molecular formula is C17H25N3O. The Morgan fingerprint density at radius 2 is 1.95 bits per heavy atom. The summed E-state index contributed by atoms with van der Waals surface area (Å²) in [5.74, 6) is 0.485. The van der Waals surface area contributed by atoms with Crippen molar-refractivity contribution in [3.05, 3.63) is 48.3 Å². The molecule has 21 heavy (non-hydrogen) atoms. The zero-order valence-electron chi connectivity index (χ0n) is 13.1. The predicted molar refractivity (Wildman–Crippen MR) is 85.3 cm³/mol. The molecule has 0 bridgehead atoms. The molecule has 0 aliphatic heterocycles. The Bertz CT molecular complexity index is 546. The van der Waals surface area contributed by atoms with Crippen molar-refractivity contribution in [3.63, 3.8) is 0 Å². The van der Waals surface area contributed by atoms with Crippen LogP contribution in [0.1, 0.15) is 32.9 Å². The van der Waals surface area contributed by atoms with E-state index in [0.717, 1.165) is 17.8 Å². The van der Waals surface area contributed by atoms with Gasteiger partial charge in [0.25, 0.3) is 0 Å². The lowest BCUT2D eigenvalue weighted by molar-refractivity contribution is 0.0382. The second-order valence-corrected chi connectivity index (χ2v) is 6.29. The van der Waals surface area contributed by atoms with Gasteiger partial charge < -0.3 is 10.4 Å². The van der Waals surface area contributed by atoms with Gasteiger partial charge in [-0.3, -0.25) is 0 Å². The Hall–Kier alpha value is -1.65. The molecule has 1 aromatic carbocycles. The van der Waals surface area contributed by atoms with Crippen LogP contribution in [0.4, 0.5) is 0 Å². The summed E-state index contributed by atoms with van der Waals surface area (Å²) in [6.07, 6.45) is 2.75. The number of rotatable bonds is 7. The van der Waals surface area contributed by atoms with Crippen molar-refractivity contribution < 1.29 is 5.11 Å². The van der Waals surface area contributed by atoms with Gasteiger partial charge in [-0.1, -0.05) is 32.0 Å². The van der Waals surface area contributed by atoms with Crippen molar-refractivity contribution in [2.45, 2.75) is 39.3 Å². The van der Waals surface area contributed by atoms with Crippen LogP contribution in [0.15, 0.2) is 42.6 Å². The third-order valence-electron chi connectivity index (χ3n) is 3.32. The van der Waals surface area contributed by atoms with Gasteiger partial charge in [-0.2, -0.15) is 5.10 Å². The van der Waals surface area contributed by atoms with Crippen molar-refractivity contribution in [3.8, 4) is 5.69 Å². The van der Waals surface area contributed by atoms with Gasteiger partial charge in [0, 0.05) is 19.3 Å². The third kappa shape index (κ3) is 4.99. The maximum atomic E-state index is 10.3. The van der Waals surface area contributed by atoms with Crippen LogP contribution in [0.5, 0.6) is 0 Å². The molecule has 0 aliphatic rings. The van der Waals surface area contributed by atoms with E-state index in [4.69, 9.17) is 0 Å². The summed E-state index contributed by atoms with van der Waals surface area (Å²) >= 11 is 0. The van der Waals surface area contributed by atoms with Crippen molar-refractivity contribution >= 4 is 0 Å². The van der Waals surface area contributed by atoms with Crippen molar-refractivity contribution in [2.24, 2.45) is 5.92 Å². The first kappa shape index (κ1) is 15.7. The van der Waals surface area contributed by atoms with Crippen LogP contribution in [0.2, 0.25) is 0 Å². The average molecular weight is 287 g/mol. The molecule has 0 radical (unpaired) electrons. The lowest BCUT2D eigenvalue weighted by Gasteiger charge is -2.25. The molecule has 0 saturated heterocycles. The molecule has 4 nitrogen and oxygen atoms in total. The van der Waals surface area contributed by atoms with Gasteiger partial charge in [0.15, 0.2) is 0 Å². The molecule has 1 unspecified atom stereocenters. The predicted octanol–water partition coefficient (Wildman–Crippen LogP) is 2.76. The second-order valence-electron chi connectivity index (χ2n) is 6.29. The van der Waals surface area contributed by atoms with Gasteiger partial charge >= 0.3 is 0 Å². The molecule has 0 aliphatic carbocycles. The molecule has 2 aromatic rings. The van der Waals surface area contributed by atoms with Crippen LogP contribution >= 0.6 is 0 Å². The minimum Gasteiger partial charge on any atom is -0.389 e. The largest absolute Gasteiger partial charge is 0.389 e. The lowest BCUT2D eigenvalue weighted by Crippen LogP contribution is -2.38. The van der Waals surface area contributed by atoms with Gasteiger partial charge in [0.05, 0.1) is 17.0 Å². The average Bonchev–Trinajstić information content (AvgIpc) is 2.87. The van der Waals surface area contributed by atoms with E-state index in [1.807, 2.05) is 54.2 Å². The number of nitrogens with zero attached hydrogens (tertiary/aromatic N) is 2. The minimum atomic E-state index is -0.670.